The van der Waals surface area contributed by atoms with Crippen LogP contribution in [0.3, 0.4) is 0 Å². The SMILES string of the molecule is COCCNCC1(CCSC(F)(F)F)CC1. The van der Waals surface area contributed by atoms with Gasteiger partial charge in [-0.05, 0) is 24.7 Å². The highest BCUT2D eigenvalue weighted by Crippen LogP contribution is 2.49. The van der Waals surface area contributed by atoms with E-state index in [1.807, 2.05) is 0 Å². The van der Waals surface area contributed by atoms with Gasteiger partial charge in [0, 0.05) is 26.0 Å². The lowest BCUT2D eigenvalue weighted by atomic mass is 10.0. The van der Waals surface area contributed by atoms with E-state index in [0.29, 0.717) is 13.0 Å². The molecule has 0 spiro atoms. The normalized spacial score (nSPS) is 18.8. The topological polar surface area (TPSA) is 21.3 Å². The van der Waals surface area contributed by atoms with Crippen LogP contribution in [0.4, 0.5) is 13.2 Å². The Hall–Kier alpha value is 0.0600. The smallest absolute Gasteiger partial charge is 0.383 e. The molecular weight excluding hydrogens is 239 g/mol. The van der Waals surface area contributed by atoms with Crippen molar-refractivity contribution in [1.29, 1.82) is 0 Å². The predicted octanol–water partition coefficient (Wildman–Crippen LogP) is 2.65. The molecule has 0 amide bonds. The molecule has 0 aromatic rings. The average molecular weight is 257 g/mol. The number of nitrogens with one attached hydrogen (secondary N) is 1. The van der Waals surface area contributed by atoms with E-state index < -0.39 is 5.51 Å². The van der Waals surface area contributed by atoms with Crippen molar-refractivity contribution < 1.29 is 17.9 Å². The summed E-state index contributed by atoms with van der Waals surface area (Å²) in [6.45, 7) is 2.23. The van der Waals surface area contributed by atoms with Crippen molar-refractivity contribution in [3.05, 3.63) is 0 Å². The van der Waals surface area contributed by atoms with E-state index in [2.05, 4.69) is 5.32 Å². The summed E-state index contributed by atoms with van der Waals surface area (Å²) in [5, 5.41) is 3.22. The average Bonchev–Trinajstić information content (AvgIpc) is 2.92. The zero-order valence-electron chi connectivity index (χ0n) is 9.40. The molecule has 2 nitrogen and oxygen atoms in total. The Morgan fingerprint density at radius 2 is 2.06 bits per heavy atom. The number of alkyl halides is 3. The molecule has 0 aliphatic heterocycles. The Labute approximate surface area is 98.3 Å². The van der Waals surface area contributed by atoms with E-state index in [4.69, 9.17) is 4.74 Å². The van der Waals surface area contributed by atoms with Gasteiger partial charge in [0.25, 0.3) is 0 Å². The maximum Gasteiger partial charge on any atom is 0.441 e. The fourth-order valence-corrected chi connectivity index (χ4v) is 2.37. The van der Waals surface area contributed by atoms with Gasteiger partial charge in [-0.25, -0.2) is 0 Å². The Kier molecular flexibility index (Phi) is 5.40. The van der Waals surface area contributed by atoms with Gasteiger partial charge in [0.2, 0.25) is 0 Å². The van der Waals surface area contributed by atoms with Gasteiger partial charge in [0.05, 0.1) is 6.61 Å². The highest BCUT2D eigenvalue weighted by Gasteiger charge is 2.42. The minimum atomic E-state index is -4.08. The van der Waals surface area contributed by atoms with Crippen molar-refractivity contribution in [1.82, 2.24) is 5.32 Å². The monoisotopic (exact) mass is 257 g/mol. The molecule has 0 saturated heterocycles. The maximum atomic E-state index is 11.9. The van der Waals surface area contributed by atoms with Gasteiger partial charge in [-0.15, -0.1) is 0 Å². The summed E-state index contributed by atoms with van der Waals surface area (Å²) in [6.07, 6.45) is 2.74. The van der Waals surface area contributed by atoms with Crippen LogP contribution >= 0.6 is 11.8 Å². The van der Waals surface area contributed by atoms with Gasteiger partial charge in [0.15, 0.2) is 0 Å². The van der Waals surface area contributed by atoms with Crippen LogP contribution in [0.15, 0.2) is 0 Å². The number of hydrogen-bond acceptors (Lipinski definition) is 3. The van der Waals surface area contributed by atoms with Gasteiger partial charge < -0.3 is 10.1 Å². The Balaban J connectivity index is 2.06. The van der Waals surface area contributed by atoms with Crippen LogP contribution in [0.1, 0.15) is 19.3 Å². The molecule has 0 atom stereocenters. The standard InChI is InChI=1S/C10H18F3NOS/c1-15-6-5-14-8-9(2-3-9)4-7-16-10(11,12)13/h14H,2-8H2,1H3. The highest BCUT2D eigenvalue weighted by atomic mass is 32.2. The second-order valence-electron chi connectivity index (χ2n) is 4.21. The van der Waals surface area contributed by atoms with Crippen molar-refractivity contribution in [2.24, 2.45) is 5.41 Å². The number of methoxy groups -OCH3 is 1. The zero-order chi connectivity index (χ0) is 12.1. The Morgan fingerprint density at radius 3 is 2.56 bits per heavy atom. The summed E-state index contributed by atoms with van der Waals surface area (Å²) in [4.78, 5) is 0. The maximum absolute atomic E-state index is 11.9. The van der Waals surface area contributed by atoms with Crippen LogP contribution in [0.5, 0.6) is 0 Å². The van der Waals surface area contributed by atoms with Gasteiger partial charge in [-0.1, -0.05) is 11.8 Å². The molecule has 16 heavy (non-hydrogen) atoms. The van der Waals surface area contributed by atoms with Crippen LogP contribution in [0.2, 0.25) is 0 Å². The van der Waals surface area contributed by atoms with Crippen LogP contribution < -0.4 is 5.32 Å². The molecule has 1 N–H and O–H groups in total. The lowest BCUT2D eigenvalue weighted by molar-refractivity contribution is -0.0328. The Morgan fingerprint density at radius 1 is 1.38 bits per heavy atom. The van der Waals surface area contributed by atoms with Crippen molar-refractivity contribution in [2.45, 2.75) is 24.8 Å². The molecule has 6 heteroatoms. The van der Waals surface area contributed by atoms with Gasteiger partial charge >= 0.3 is 5.51 Å². The molecule has 1 aliphatic carbocycles. The highest BCUT2D eigenvalue weighted by molar-refractivity contribution is 8.00. The Bertz CT molecular complexity index is 207. The largest absolute Gasteiger partial charge is 0.441 e. The van der Waals surface area contributed by atoms with E-state index >= 15 is 0 Å². The van der Waals surface area contributed by atoms with E-state index in [0.717, 1.165) is 25.9 Å². The summed E-state index contributed by atoms with van der Waals surface area (Å²) in [5.74, 6) is 0.176. The number of ether oxygens (including phenoxy) is 1. The van der Waals surface area contributed by atoms with Gasteiger partial charge in [-0.3, -0.25) is 0 Å². The molecule has 1 rings (SSSR count). The first kappa shape index (κ1) is 14.1. The second-order valence-corrected chi connectivity index (χ2v) is 5.37. The molecule has 0 aromatic carbocycles. The van der Waals surface area contributed by atoms with E-state index in [-0.39, 0.29) is 22.9 Å². The first-order valence-electron chi connectivity index (χ1n) is 5.38. The molecule has 0 bridgehead atoms. The summed E-state index contributed by atoms with van der Waals surface area (Å²) in [6, 6.07) is 0. The summed E-state index contributed by atoms with van der Waals surface area (Å²) >= 11 is 0.0917. The molecule has 0 radical (unpaired) electrons. The minimum absolute atomic E-state index is 0.0917. The summed E-state index contributed by atoms with van der Waals surface area (Å²) in [7, 11) is 1.63. The van der Waals surface area contributed by atoms with Crippen molar-refractivity contribution >= 4 is 11.8 Å². The second kappa shape index (κ2) is 6.12. The fourth-order valence-electron chi connectivity index (χ4n) is 1.60. The van der Waals surface area contributed by atoms with E-state index in [1.54, 1.807) is 7.11 Å². The number of halogens is 3. The van der Waals surface area contributed by atoms with Crippen LogP contribution in [-0.4, -0.2) is 38.1 Å². The van der Waals surface area contributed by atoms with Crippen molar-refractivity contribution in [2.75, 3.05) is 32.6 Å². The molecule has 0 aromatic heterocycles. The third kappa shape index (κ3) is 5.96. The first-order chi connectivity index (χ1) is 7.47. The lowest BCUT2D eigenvalue weighted by Crippen LogP contribution is -2.27. The number of rotatable bonds is 8. The molecule has 1 aliphatic rings. The molecule has 1 saturated carbocycles. The molecule has 1 fully saturated rings. The minimum Gasteiger partial charge on any atom is -0.383 e. The molecule has 96 valence electrons. The molecule has 0 unspecified atom stereocenters. The third-order valence-corrected chi connectivity index (χ3v) is 3.57. The zero-order valence-corrected chi connectivity index (χ0v) is 10.2. The van der Waals surface area contributed by atoms with Crippen molar-refractivity contribution in [3.63, 3.8) is 0 Å². The molecular formula is C10H18F3NOS. The number of hydrogen-bond donors (Lipinski definition) is 1. The van der Waals surface area contributed by atoms with Gasteiger partial charge in [-0.2, -0.15) is 13.2 Å². The first-order valence-corrected chi connectivity index (χ1v) is 6.36. The lowest BCUT2D eigenvalue weighted by Gasteiger charge is -2.16. The quantitative estimate of drug-likeness (QED) is 0.675. The fraction of sp³-hybridized carbons (Fsp3) is 1.00. The summed E-state index contributed by atoms with van der Waals surface area (Å²) in [5.41, 5.74) is -3.95. The van der Waals surface area contributed by atoms with Crippen LogP contribution in [-0.2, 0) is 4.74 Å². The summed E-state index contributed by atoms with van der Waals surface area (Å²) < 4.78 is 40.7. The van der Waals surface area contributed by atoms with E-state index in [9.17, 15) is 13.2 Å². The van der Waals surface area contributed by atoms with Crippen molar-refractivity contribution in [3.8, 4) is 0 Å². The third-order valence-electron chi connectivity index (χ3n) is 2.84. The van der Waals surface area contributed by atoms with E-state index in [1.165, 1.54) is 0 Å². The molecule has 0 heterocycles. The predicted molar refractivity (Wildman–Crippen MR) is 59.5 cm³/mol. The van der Waals surface area contributed by atoms with Gasteiger partial charge in [0.1, 0.15) is 0 Å². The number of thioether (sulfide) groups is 1. The van der Waals surface area contributed by atoms with Crippen LogP contribution in [0, 0.1) is 5.41 Å². The van der Waals surface area contributed by atoms with Crippen LogP contribution in [0.25, 0.3) is 0 Å².